The van der Waals surface area contributed by atoms with Crippen molar-refractivity contribution in [3.05, 3.63) is 83.2 Å². The summed E-state index contributed by atoms with van der Waals surface area (Å²) in [6.45, 7) is 3.00. The first kappa shape index (κ1) is 22.3. The van der Waals surface area contributed by atoms with Gasteiger partial charge in [0.15, 0.2) is 16.7 Å². The van der Waals surface area contributed by atoms with Crippen molar-refractivity contribution < 1.29 is 18.7 Å². The maximum absolute atomic E-state index is 13.1. The second kappa shape index (κ2) is 9.38. The zero-order valence-electron chi connectivity index (χ0n) is 18.9. The number of aryl methyl sites for hydroxylation is 1. The molecule has 3 aromatic carbocycles. The molecule has 1 N–H and O–H groups in total. The summed E-state index contributed by atoms with van der Waals surface area (Å²) in [4.78, 5) is 17.7. The molecule has 8 heteroatoms. The van der Waals surface area contributed by atoms with Gasteiger partial charge in [0.05, 0.1) is 17.1 Å². The lowest BCUT2D eigenvalue weighted by Crippen LogP contribution is -2.26. The molecule has 34 heavy (non-hydrogen) atoms. The van der Waals surface area contributed by atoms with Gasteiger partial charge in [0, 0.05) is 18.4 Å². The Balaban J connectivity index is 1.30. The quantitative estimate of drug-likeness (QED) is 0.384. The highest BCUT2D eigenvalue weighted by Crippen LogP contribution is 2.33. The second-order valence-corrected chi connectivity index (χ2v) is 9.11. The highest BCUT2D eigenvalue weighted by Gasteiger charge is 2.18. The lowest BCUT2D eigenvalue weighted by molar-refractivity contribution is 0.0940. The molecule has 0 bridgehead atoms. The van der Waals surface area contributed by atoms with E-state index in [4.69, 9.17) is 9.47 Å². The normalized spacial score (nSPS) is 13.6. The van der Waals surface area contributed by atoms with Crippen LogP contribution in [0.2, 0.25) is 0 Å². The fourth-order valence-corrected chi connectivity index (χ4v) is 4.80. The van der Waals surface area contributed by atoms with E-state index in [0.717, 1.165) is 33.1 Å². The molecule has 1 unspecified atom stereocenters. The van der Waals surface area contributed by atoms with Crippen LogP contribution in [0.1, 0.15) is 34.5 Å². The first-order chi connectivity index (χ1) is 16.5. The fourth-order valence-electron chi connectivity index (χ4n) is 3.86. The van der Waals surface area contributed by atoms with Crippen molar-refractivity contribution in [1.82, 2.24) is 14.9 Å². The van der Waals surface area contributed by atoms with E-state index < -0.39 is 0 Å². The van der Waals surface area contributed by atoms with Gasteiger partial charge in [0.2, 0.25) is 0 Å². The van der Waals surface area contributed by atoms with E-state index in [0.29, 0.717) is 30.3 Å². The van der Waals surface area contributed by atoms with Gasteiger partial charge in [-0.05, 0) is 60.5 Å². The standard InChI is InChI=1S/C26H24FN3O3S/c1-16(18-6-10-23-24(14-18)33-12-11-32-23)28-25(31)19-5-9-21-22(13-19)30(2)26(29-21)34-15-17-3-7-20(27)8-4-17/h3-10,13-14,16H,11-12,15H2,1-2H3,(H,28,31). The number of aromatic nitrogens is 2. The largest absolute Gasteiger partial charge is 0.486 e. The number of thioether (sulfide) groups is 1. The van der Waals surface area contributed by atoms with Crippen LogP contribution in [-0.4, -0.2) is 28.7 Å². The van der Waals surface area contributed by atoms with E-state index in [1.54, 1.807) is 30.0 Å². The van der Waals surface area contributed by atoms with E-state index in [9.17, 15) is 9.18 Å². The number of rotatable bonds is 6. The molecule has 1 amide bonds. The summed E-state index contributed by atoms with van der Waals surface area (Å²) in [7, 11) is 1.93. The summed E-state index contributed by atoms with van der Waals surface area (Å²) in [6, 6.07) is 17.5. The van der Waals surface area contributed by atoms with Crippen molar-refractivity contribution in [2.75, 3.05) is 13.2 Å². The molecule has 0 saturated carbocycles. The third-order valence-electron chi connectivity index (χ3n) is 5.80. The average Bonchev–Trinajstić information content (AvgIpc) is 3.18. The molecule has 0 spiro atoms. The Hall–Kier alpha value is -3.52. The third kappa shape index (κ3) is 4.59. The molecule has 4 aromatic rings. The number of hydrogen-bond acceptors (Lipinski definition) is 5. The minimum atomic E-state index is -0.245. The molecule has 0 saturated heterocycles. The van der Waals surface area contributed by atoms with Gasteiger partial charge in [-0.3, -0.25) is 4.79 Å². The Morgan fingerprint density at radius 2 is 1.85 bits per heavy atom. The molecule has 5 rings (SSSR count). The van der Waals surface area contributed by atoms with Crippen LogP contribution < -0.4 is 14.8 Å². The second-order valence-electron chi connectivity index (χ2n) is 8.17. The molecule has 0 fully saturated rings. The molecule has 1 aliphatic rings. The summed E-state index contributed by atoms with van der Waals surface area (Å²) >= 11 is 1.57. The van der Waals surface area contributed by atoms with E-state index in [-0.39, 0.29) is 17.8 Å². The number of carbonyl (C=O) groups excluding carboxylic acids is 1. The number of nitrogens with one attached hydrogen (secondary N) is 1. The van der Waals surface area contributed by atoms with Gasteiger partial charge in [0.1, 0.15) is 19.0 Å². The van der Waals surface area contributed by atoms with Crippen molar-refractivity contribution >= 4 is 28.7 Å². The Morgan fingerprint density at radius 3 is 2.65 bits per heavy atom. The van der Waals surface area contributed by atoms with E-state index >= 15 is 0 Å². The van der Waals surface area contributed by atoms with Crippen LogP contribution in [0.25, 0.3) is 11.0 Å². The summed E-state index contributed by atoms with van der Waals surface area (Å²) in [5.74, 6) is 1.70. The lowest BCUT2D eigenvalue weighted by Gasteiger charge is -2.21. The number of fused-ring (bicyclic) bond motifs is 2. The third-order valence-corrected chi connectivity index (χ3v) is 6.90. The molecule has 0 radical (unpaired) electrons. The van der Waals surface area contributed by atoms with Crippen LogP contribution in [0.3, 0.4) is 0 Å². The van der Waals surface area contributed by atoms with Gasteiger partial charge in [-0.15, -0.1) is 0 Å². The smallest absolute Gasteiger partial charge is 0.251 e. The molecule has 6 nitrogen and oxygen atoms in total. The summed E-state index contributed by atoms with van der Waals surface area (Å²) < 4.78 is 26.3. The van der Waals surface area contributed by atoms with Crippen molar-refractivity contribution in [3.8, 4) is 11.5 Å². The topological polar surface area (TPSA) is 65.4 Å². The molecular formula is C26H24FN3O3S. The van der Waals surface area contributed by atoms with Crippen molar-refractivity contribution in [2.45, 2.75) is 23.9 Å². The number of amides is 1. The van der Waals surface area contributed by atoms with Crippen molar-refractivity contribution in [3.63, 3.8) is 0 Å². The van der Waals surface area contributed by atoms with E-state index in [1.807, 2.05) is 48.9 Å². The monoisotopic (exact) mass is 477 g/mol. The number of hydrogen-bond donors (Lipinski definition) is 1. The summed E-state index contributed by atoms with van der Waals surface area (Å²) in [5, 5.41) is 3.90. The number of nitrogens with zero attached hydrogens (tertiary/aromatic N) is 2. The number of halogens is 1. The Kier molecular flexibility index (Phi) is 6.15. The molecule has 2 heterocycles. The molecule has 1 aromatic heterocycles. The number of ether oxygens (including phenoxy) is 2. The average molecular weight is 478 g/mol. The van der Waals surface area contributed by atoms with Crippen molar-refractivity contribution in [1.29, 1.82) is 0 Å². The van der Waals surface area contributed by atoms with Gasteiger partial charge >= 0.3 is 0 Å². The Labute approximate surface area is 201 Å². The molecule has 1 atom stereocenters. The van der Waals surface area contributed by atoms with Crippen LogP contribution in [0.4, 0.5) is 4.39 Å². The number of carbonyl (C=O) groups is 1. The van der Waals surface area contributed by atoms with Gasteiger partial charge in [-0.25, -0.2) is 9.37 Å². The predicted octanol–water partition coefficient (Wildman–Crippen LogP) is 5.27. The van der Waals surface area contributed by atoms with Gasteiger partial charge in [0.25, 0.3) is 5.91 Å². The van der Waals surface area contributed by atoms with Gasteiger partial charge in [-0.1, -0.05) is 30.0 Å². The zero-order chi connectivity index (χ0) is 23.7. The molecular weight excluding hydrogens is 453 g/mol. The van der Waals surface area contributed by atoms with Gasteiger partial charge in [-0.2, -0.15) is 0 Å². The Bertz CT molecular complexity index is 1350. The number of imidazole rings is 1. The van der Waals surface area contributed by atoms with Crippen molar-refractivity contribution in [2.24, 2.45) is 7.05 Å². The van der Waals surface area contributed by atoms with Crippen LogP contribution in [-0.2, 0) is 12.8 Å². The molecule has 174 valence electrons. The maximum Gasteiger partial charge on any atom is 0.251 e. The zero-order valence-corrected chi connectivity index (χ0v) is 19.7. The minimum Gasteiger partial charge on any atom is -0.486 e. The summed E-state index contributed by atoms with van der Waals surface area (Å²) in [5.41, 5.74) is 4.22. The minimum absolute atomic E-state index is 0.161. The SMILES string of the molecule is CC(NC(=O)c1ccc2nc(SCc3ccc(F)cc3)n(C)c2c1)c1ccc2c(c1)OCCO2. The predicted molar refractivity (Wildman–Crippen MR) is 130 cm³/mol. The van der Waals surface area contributed by atoms with Gasteiger partial charge < -0.3 is 19.4 Å². The molecule has 0 aliphatic carbocycles. The number of benzene rings is 3. The Morgan fingerprint density at radius 1 is 1.09 bits per heavy atom. The van der Waals surface area contributed by atoms with Crippen LogP contribution >= 0.6 is 11.8 Å². The van der Waals surface area contributed by atoms with E-state index in [2.05, 4.69) is 10.3 Å². The highest BCUT2D eigenvalue weighted by molar-refractivity contribution is 7.98. The van der Waals surface area contributed by atoms with Crippen LogP contribution in [0.15, 0.2) is 65.8 Å². The maximum atomic E-state index is 13.1. The molecule has 1 aliphatic heterocycles. The first-order valence-corrected chi connectivity index (χ1v) is 12.0. The van der Waals surface area contributed by atoms with E-state index in [1.165, 1.54) is 12.1 Å². The summed E-state index contributed by atoms with van der Waals surface area (Å²) in [6.07, 6.45) is 0. The first-order valence-electron chi connectivity index (χ1n) is 11.0. The highest BCUT2D eigenvalue weighted by atomic mass is 32.2. The van der Waals surface area contributed by atoms with Crippen LogP contribution in [0.5, 0.6) is 11.5 Å². The van der Waals surface area contributed by atoms with Crippen LogP contribution in [0, 0.1) is 5.82 Å². The lowest BCUT2D eigenvalue weighted by atomic mass is 10.1. The fraction of sp³-hybridized carbons (Fsp3) is 0.231.